The molecule has 1 aliphatic heterocycles. The Balaban J connectivity index is 1.60. The van der Waals surface area contributed by atoms with E-state index in [2.05, 4.69) is 0 Å². The number of halogens is 3. The summed E-state index contributed by atoms with van der Waals surface area (Å²) in [6.07, 6.45) is 6.41. The number of ketones is 1. The van der Waals surface area contributed by atoms with E-state index in [1.807, 2.05) is 0 Å². The van der Waals surface area contributed by atoms with Crippen molar-refractivity contribution in [3.63, 3.8) is 0 Å². The lowest BCUT2D eigenvalue weighted by atomic mass is 9.71. The van der Waals surface area contributed by atoms with Gasteiger partial charge in [-0.1, -0.05) is 19.3 Å². The highest BCUT2D eigenvalue weighted by molar-refractivity contribution is 5.98. The maximum atomic E-state index is 13.9. The van der Waals surface area contributed by atoms with E-state index < -0.39 is 34.7 Å². The Morgan fingerprint density at radius 2 is 1.61 bits per heavy atom. The number of hydrogen-bond acceptors (Lipinski definition) is 3. The number of Topliss-reactive ketones (excluding diaryl/α,β-unsaturated/α-hetero) is 1. The SMILES string of the molecule is NCC1(CC(=O)N2CCC(C(=O)c3c(F)cc(F)cc3F)CC2)CCCCC1. The molecule has 3 rings (SSSR count). The van der Waals surface area contributed by atoms with Gasteiger partial charge in [0.15, 0.2) is 5.78 Å². The number of carbonyl (C=O) groups excluding carboxylic acids is 2. The summed E-state index contributed by atoms with van der Waals surface area (Å²) in [4.78, 5) is 27.0. The Bertz CT molecular complexity index is 716. The normalized spacial score (nSPS) is 20.2. The molecule has 0 radical (unpaired) electrons. The summed E-state index contributed by atoms with van der Waals surface area (Å²) in [5.74, 6) is -4.60. The number of rotatable bonds is 5. The molecule has 1 aromatic rings. The van der Waals surface area contributed by atoms with Crippen molar-refractivity contribution < 1.29 is 22.8 Å². The molecule has 154 valence electrons. The minimum Gasteiger partial charge on any atom is -0.343 e. The van der Waals surface area contributed by atoms with E-state index in [-0.39, 0.29) is 11.3 Å². The van der Waals surface area contributed by atoms with Crippen molar-refractivity contribution in [2.75, 3.05) is 19.6 Å². The highest BCUT2D eigenvalue weighted by atomic mass is 19.1. The van der Waals surface area contributed by atoms with E-state index in [4.69, 9.17) is 5.73 Å². The maximum absolute atomic E-state index is 13.9. The van der Waals surface area contributed by atoms with Gasteiger partial charge in [-0.05, 0) is 37.6 Å². The molecule has 1 amide bonds. The number of piperidine rings is 1. The van der Waals surface area contributed by atoms with Crippen LogP contribution in [0.15, 0.2) is 12.1 Å². The second-order valence-electron chi connectivity index (χ2n) is 8.21. The number of carbonyl (C=O) groups is 2. The summed E-state index contributed by atoms with van der Waals surface area (Å²) in [5.41, 5.74) is 5.16. The van der Waals surface area contributed by atoms with Gasteiger partial charge in [-0.3, -0.25) is 9.59 Å². The molecular formula is C21H27F3N2O2. The average Bonchev–Trinajstić information content (AvgIpc) is 2.68. The lowest BCUT2D eigenvalue weighted by Crippen LogP contribution is -2.44. The third-order valence-electron chi connectivity index (χ3n) is 6.35. The summed E-state index contributed by atoms with van der Waals surface area (Å²) >= 11 is 0. The van der Waals surface area contributed by atoms with Crippen molar-refractivity contribution in [3.05, 3.63) is 35.1 Å². The topological polar surface area (TPSA) is 63.4 Å². The maximum Gasteiger partial charge on any atom is 0.223 e. The van der Waals surface area contributed by atoms with Gasteiger partial charge in [-0.25, -0.2) is 13.2 Å². The molecule has 1 heterocycles. The first-order chi connectivity index (χ1) is 13.3. The molecule has 2 fully saturated rings. The number of nitrogens with two attached hydrogens (primary N) is 1. The molecule has 0 bridgehead atoms. The average molecular weight is 396 g/mol. The van der Waals surface area contributed by atoms with E-state index in [1.165, 1.54) is 6.42 Å². The van der Waals surface area contributed by atoms with Crippen LogP contribution in [-0.2, 0) is 4.79 Å². The third kappa shape index (κ3) is 4.40. The van der Waals surface area contributed by atoms with Gasteiger partial charge in [0.1, 0.15) is 17.5 Å². The van der Waals surface area contributed by atoms with Crippen LogP contribution in [0.3, 0.4) is 0 Å². The summed E-state index contributed by atoms with van der Waals surface area (Å²) in [6, 6.07) is 1.04. The van der Waals surface area contributed by atoms with Crippen LogP contribution in [0.2, 0.25) is 0 Å². The van der Waals surface area contributed by atoms with Crippen molar-refractivity contribution in [3.8, 4) is 0 Å². The first-order valence-electron chi connectivity index (χ1n) is 10.0. The van der Waals surface area contributed by atoms with Gasteiger partial charge in [0.2, 0.25) is 5.91 Å². The zero-order valence-electron chi connectivity index (χ0n) is 16.0. The fourth-order valence-electron chi connectivity index (χ4n) is 4.56. The van der Waals surface area contributed by atoms with E-state index in [0.717, 1.165) is 25.7 Å². The van der Waals surface area contributed by atoms with Gasteiger partial charge in [0, 0.05) is 37.6 Å². The number of hydrogen-bond donors (Lipinski definition) is 1. The Labute approximate surface area is 163 Å². The predicted molar refractivity (Wildman–Crippen MR) is 99.1 cm³/mol. The predicted octanol–water partition coefficient (Wildman–Crippen LogP) is 3.82. The van der Waals surface area contributed by atoms with Crippen LogP contribution in [-0.4, -0.2) is 36.2 Å². The highest BCUT2D eigenvalue weighted by Gasteiger charge is 2.36. The third-order valence-corrected chi connectivity index (χ3v) is 6.35. The lowest BCUT2D eigenvalue weighted by molar-refractivity contribution is -0.135. The molecule has 7 heteroatoms. The minimum atomic E-state index is -1.18. The first-order valence-corrected chi connectivity index (χ1v) is 10.0. The summed E-state index contributed by atoms with van der Waals surface area (Å²) in [7, 11) is 0. The molecule has 0 atom stereocenters. The Morgan fingerprint density at radius 3 is 2.14 bits per heavy atom. The second-order valence-corrected chi connectivity index (χ2v) is 8.21. The molecule has 1 aromatic carbocycles. The van der Waals surface area contributed by atoms with Gasteiger partial charge >= 0.3 is 0 Å². The van der Waals surface area contributed by atoms with Crippen molar-refractivity contribution in [1.29, 1.82) is 0 Å². The molecule has 28 heavy (non-hydrogen) atoms. The first kappa shape index (κ1) is 20.8. The number of benzene rings is 1. The molecule has 1 aliphatic carbocycles. The van der Waals surface area contributed by atoms with Gasteiger partial charge < -0.3 is 10.6 Å². The monoisotopic (exact) mass is 396 g/mol. The van der Waals surface area contributed by atoms with Crippen LogP contribution in [0.4, 0.5) is 13.2 Å². The van der Waals surface area contributed by atoms with Crippen LogP contribution in [0, 0.1) is 28.8 Å². The van der Waals surface area contributed by atoms with Crippen molar-refractivity contribution in [2.24, 2.45) is 17.1 Å². The van der Waals surface area contributed by atoms with E-state index in [1.54, 1.807) is 4.90 Å². The largest absolute Gasteiger partial charge is 0.343 e. The molecule has 0 aromatic heterocycles. The van der Waals surface area contributed by atoms with E-state index in [9.17, 15) is 22.8 Å². The van der Waals surface area contributed by atoms with Gasteiger partial charge in [-0.15, -0.1) is 0 Å². The molecule has 2 aliphatic rings. The summed E-state index contributed by atoms with van der Waals surface area (Å²) in [6.45, 7) is 1.25. The van der Waals surface area contributed by atoms with Gasteiger partial charge in [0.05, 0.1) is 5.56 Å². The smallest absolute Gasteiger partial charge is 0.223 e. The Hall–Kier alpha value is -1.89. The molecule has 4 nitrogen and oxygen atoms in total. The number of amides is 1. The highest BCUT2D eigenvalue weighted by Crippen LogP contribution is 2.39. The second kappa shape index (κ2) is 8.64. The molecule has 0 unspecified atom stereocenters. The fourth-order valence-corrected chi connectivity index (χ4v) is 4.56. The quantitative estimate of drug-likeness (QED) is 0.770. The molecule has 0 spiro atoms. The van der Waals surface area contributed by atoms with Crippen molar-refractivity contribution >= 4 is 11.7 Å². The summed E-state index contributed by atoms with van der Waals surface area (Å²) < 4.78 is 40.8. The van der Waals surface area contributed by atoms with E-state index >= 15 is 0 Å². The zero-order valence-corrected chi connectivity index (χ0v) is 16.0. The van der Waals surface area contributed by atoms with Crippen LogP contribution >= 0.6 is 0 Å². The van der Waals surface area contributed by atoms with Crippen LogP contribution in [0.5, 0.6) is 0 Å². The fraction of sp³-hybridized carbons (Fsp3) is 0.619. The van der Waals surface area contributed by atoms with Gasteiger partial charge in [-0.2, -0.15) is 0 Å². The van der Waals surface area contributed by atoms with Crippen LogP contribution < -0.4 is 5.73 Å². The summed E-state index contributed by atoms with van der Waals surface area (Å²) in [5, 5.41) is 0. The molecule has 1 saturated heterocycles. The molecule has 2 N–H and O–H groups in total. The standard InChI is InChI=1S/C21H27F3N2O2/c22-15-10-16(23)19(17(24)11-15)20(28)14-4-8-26(9-5-14)18(27)12-21(13-25)6-2-1-3-7-21/h10-11,14H,1-9,12-13,25H2. The lowest BCUT2D eigenvalue weighted by Gasteiger charge is -2.39. The van der Waals surface area contributed by atoms with Crippen LogP contribution in [0.25, 0.3) is 0 Å². The Morgan fingerprint density at radius 1 is 1.04 bits per heavy atom. The minimum absolute atomic E-state index is 0.0393. The van der Waals surface area contributed by atoms with Crippen molar-refractivity contribution in [2.45, 2.75) is 51.4 Å². The number of nitrogens with zero attached hydrogens (tertiary/aromatic N) is 1. The molecular weight excluding hydrogens is 369 g/mol. The Kier molecular flexibility index (Phi) is 6.43. The van der Waals surface area contributed by atoms with Gasteiger partial charge in [0.25, 0.3) is 0 Å². The zero-order chi connectivity index (χ0) is 20.3. The van der Waals surface area contributed by atoms with Crippen molar-refractivity contribution in [1.82, 2.24) is 4.90 Å². The molecule has 1 saturated carbocycles. The van der Waals surface area contributed by atoms with Crippen LogP contribution in [0.1, 0.15) is 61.7 Å². The number of likely N-dealkylation sites (tertiary alicyclic amines) is 1. The van der Waals surface area contributed by atoms with E-state index in [0.29, 0.717) is 51.0 Å².